The lowest BCUT2D eigenvalue weighted by Crippen LogP contribution is -2.34. The first-order chi connectivity index (χ1) is 7.79. The fourth-order valence-corrected chi connectivity index (χ4v) is 2.36. The fraction of sp³-hybridized carbons (Fsp3) is 0.571. The van der Waals surface area contributed by atoms with Gasteiger partial charge in [-0.1, -0.05) is 26.0 Å². The summed E-state index contributed by atoms with van der Waals surface area (Å²) in [4.78, 5) is 0. The summed E-state index contributed by atoms with van der Waals surface area (Å²) in [5, 5.41) is 0. The molecule has 1 aliphatic carbocycles. The number of fused-ring (bicyclic) bond motifs is 1. The molecule has 1 fully saturated rings. The third-order valence-electron chi connectivity index (χ3n) is 3.13. The fourth-order valence-electron chi connectivity index (χ4n) is 2.36. The van der Waals surface area contributed by atoms with Gasteiger partial charge in [0.05, 0.1) is 0 Å². The molecule has 0 saturated heterocycles. The standard InChI is InChI=1S/C12H14O2.C2H6/c1-9-5-4-6-10-11(9)14-12(13-10)7-2-3-8-12;1-2/h4-6H,2-3,7-8H2,1H3;1-2H3. The van der Waals surface area contributed by atoms with Crippen LogP contribution >= 0.6 is 0 Å². The average molecular weight is 220 g/mol. The number of para-hydroxylation sites is 1. The van der Waals surface area contributed by atoms with Gasteiger partial charge in [-0.3, -0.25) is 0 Å². The first-order valence-electron chi connectivity index (χ1n) is 6.27. The van der Waals surface area contributed by atoms with Crippen molar-refractivity contribution in [3.63, 3.8) is 0 Å². The van der Waals surface area contributed by atoms with E-state index in [2.05, 4.69) is 13.0 Å². The predicted octanol–water partition coefficient (Wildman–Crippen LogP) is 4.06. The highest BCUT2D eigenvalue weighted by Crippen LogP contribution is 2.47. The van der Waals surface area contributed by atoms with Gasteiger partial charge in [-0.25, -0.2) is 0 Å². The molecule has 88 valence electrons. The lowest BCUT2D eigenvalue weighted by atomic mass is 10.2. The number of rotatable bonds is 0. The van der Waals surface area contributed by atoms with Crippen LogP contribution in [-0.2, 0) is 0 Å². The minimum atomic E-state index is -0.311. The molecule has 1 heterocycles. The summed E-state index contributed by atoms with van der Waals surface area (Å²) in [6.45, 7) is 6.07. The SMILES string of the molecule is CC.Cc1cccc2c1OC1(CCCC1)O2. The second kappa shape index (κ2) is 4.36. The lowest BCUT2D eigenvalue weighted by Gasteiger charge is -2.21. The summed E-state index contributed by atoms with van der Waals surface area (Å²) < 4.78 is 11.9. The van der Waals surface area contributed by atoms with Crippen molar-refractivity contribution in [1.82, 2.24) is 0 Å². The Bertz CT molecular complexity index is 365. The molecule has 16 heavy (non-hydrogen) atoms. The van der Waals surface area contributed by atoms with Crippen molar-refractivity contribution in [2.45, 2.75) is 52.2 Å². The molecule has 1 aromatic carbocycles. The molecule has 2 heteroatoms. The molecule has 0 unspecified atom stereocenters. The molecule has 0 N–H and O–H groups in total. The molecule has 0 amide bonds. The second-order valence-electron chi connectivity index (χ2n) is 4.22. The van der Waals surface area contributed by atoms with Gasteiger partial charge in [0.15, 0.2) is 11.5 Å². The Morgan fingerprint density at radius 2 is 1.75 bits per heavy atom. The summed E-state index contributed by atoms with van der Waals surface area (Å²) in [7, 11) is 0. The topological polar surface area (TPSA) is 18.5 Å². The molecule has 1 saturated carbocycles. The van der Waals surface area contributed by atoms with Crippen molar-refractivity contribution >= 4 is 0 Å². The van der Waals surface area contributed by atoms with Gasteiger partial charge in [-0.2, -0.15) is 0 Å². The first-order valence-corrected chi connectivity index (χ1v) is 6.27. The van der Waals surface area contributed by atoms with E-state index in [1.807, 2.05) is 26.0 Å². The summed E-state index contributed by atoms with van der Waals surface area (Å²) in [6, 6.07) is 6.08. The highest BCUT2D eigenvalue weighted by atomic mass is 16.7. The van der Waals surface area contributed by atoms with Crippen LogP contribution in [0.4, 0.5) is 0 Å². The highest BCUT2D eigenvalue weighted by molar-refractivity contribution is 5.48. The van der Waals surface area contributed by atoms with E-state index in [4.69, 9.17) is 9.47 Å². The quantitative estimate of drug-likeness (QED) is 0.656. The van der Waals surface area contributed by atoms with Crippen LogP contribution in [0.25, 0.3) is 0 Å². The predicted molar refractivity (Wildman–Crippen MR) is 65.0 cm³/mol. The maximum Gasteiger partial charge on any atom is 0.251 e. The lowest BCUT2D eigenvalue weighted by molar-refractivity contribution is -0.0718. The third-order valence-corrected chi connectivity index (χ3v) is 3.13. The molecule has 1 aliphatic heterocycles. The van der Waals surface area contributed by atoms with E-state index in [1.165, 1.54) is 18.4 Å². The third kappa shape index (κ3) is 1.77. The van der Waals surface area contributed by atoms with Crippen LogP contribution in [0.1, 0.15) is 45.1 Å². The minimum Gasteiger partial charge on any atom is -0.448 e. The van der Waals surface area contributed by atoms with Crippen LogP contribution in [0, 0.1) is 6.92 Å². The van der Waals surface area contributed by atoms with Gasteiger partial charge in [-0.15, -0.1) is 0 Å². The van der Waals surface area contributed by atoms with E-state index in [-0.39, 0.29) is 5.79 Å². The van der Waals surface area contributed by atoms with Crippen LogP contribution in [0.5, 0.6) is 11.5 Å². The smallest absolute Gasteiger partial charge is 0.251 e. The van der Waals surface area contributed by atoms with Crippen LogP contribution in [-0.4, -0.2) is 5.79 Å². The number of hydrogen-bond acceptors (Lipinski definition) is 2. The largest absolute Gasteiger partial charge is 0.448 e. The van der Waals surface area contributed by atoms with Gasteiger partial charge in [-0.05, 0) is 31.4 Å². The highest BCUT2D eigenvalue weighted by Gasteiger charge is 2.44. The van der Waals surface area contributed by atoms with Gasteiger partial charge in [0.2, 0.25) is 0 Å². The molecule has 3 rings (SSSR count). The zero-order valence-corrected chi connectivity index (χ0v) is 10.4. The Hall–Kier alpha value is -1.18. The van der Waals surface area contributed by atoms with E-state index >= 15 is 0 Å². The molecule has 2 aliphatic rings. The van der Waals surface area contributed by atoms with Gasteiger partial charge in [0, 0.05) is 12.8 Å². The van der Waals surface area contributed by atoms with Crippen LogP contribution < -0.4 is 9.47 Å². The van der Waals surface area contributed by atoms with Gasteiger partial charge >= 0.3 is 0 Å². The van der Waals surface area contributed by atoms with E-state index < -0.39 is 0 Å². The van der Waals surface area contributed by atoms with Crippen LogP contribution in [0.2, 0.25) is 0 Å². The van der Waals surface area contributed by atoms with E-state index in [1.54, 1.807) is 0 Å². The van der Waals surface area contributed by atoms with Crippen molar-refractivity contribution in [2.24, 2.45) is 0 Å². The molecule has 0 atom stereocenters. The summed E-state index contributed by atoms with van der Waals surface area (Å²) in [5.41, 5.74) is 1.17. The summed E-state index contributed by atoms with van der Waals surface area (Å²) in [6.07, 6.45) is 4.49. The van der Waals surface area contributed by atoms with E-state index in [9.17, 15) is 0 Å². The summed E-state index contributed by atoms with van der Waals surface area (Å²) in [5.74, 6) is 1.57. The number of benzene rings is 1. The second-order valence-corrected chi connectivity index (χ2v) is 4.22. The maximum absolute atomic E-state index is 5.96. The van der Waals surface area contributed by atoms with Crippen molar-refractivity contribution in [3.05, 3.63) is 23.8 Å². The first kappa shape index (κ1) is 11.3. The average Bonchev–Trinajstić information content (AvgIpc) is 2.90. The van der Waals surface area contributed by atoms with Gasteiger partial charge in [0.1, 0.15) is 0 Å². The van der Waals surface area contributed by atoms with E-state index in [0.29, 0.717) is 0 Å². The molecule has 0 bridgehead atoms. The Balaban J connectivity index is 0.000000457. The zero-order chi connectivity index (χ0) is 11.6. The van der Waals surface area contributed by atoms with Crippen LogP contribution in [0.15, 0.2) is 18.2 Å². The molecule has 0 radical (unpaired) electrons. The maximum atomic E-state index is 5.96. The van der Waals surface area contributed by atoms with Crippen LogP contribution in [0.3, 0.4) is 0 Å². The number of hydrogen-bond donors (Lipinski definition) is 0. The Morgan fingerprint density at radius 3 is 2.38 bits per heavy atom. The Labute approximate surface area is 97.6 Å². The van der Waals surface area contributed by atoms with Crippen molar-refractivity contribution in [1.29, 1.82) is 0 Å². The molecule has 1 spiro atoms. The van der Waals surface area contributed by atoms with Crippen molar-refractivity contribution in [3.8, 4) is 11.5 Å². The van der Waals surface area contributed by atoms with Crippen molar-refractivity contribution in [2.75, 3.05) is 0 Å². The molecule has 1 aromatic rings. The number of aryl methyl sites for hydroxylation is 1. The minimum absolute atomic E-state index is 0.311. The normalized spacial score (nSPS) is 19.4. The van der Waals surface area contributed by atoms with Crippen molar-refractivity contribution < 1.29 is 9.47 Å². The van der Waals surface area contributed by atoms with Gasteiger partial charge in [0.25, 0.3) is 5.79 Å². The van der Waals surface area contributed by atoms with E-state index in [0.717, 1.165) is 24.3 Å². The Kier molecular flexibility index (Phi) is 3.08. The molecule has 0 aromatic heterocycles. The monoisotopic (exact) mass is 220 g/mol. The molecular formula is C14H20O2. The zero-order valence-electron chi connectivity index (χ0n) is 10.4. The van der Waals surface area contributed by atoms with Gasteiger partial charge < -0.3 is 9.47 Å². The Morgan fingerprint density at radius 1 is 1.06 bits per heavy atom. The number of ether oxygens (including phenoxy) is 2. The summed E-state index contributed by atoms with van der Waals surface area (Å²) >= 11 is 0. The molecule has 2 nitrogen and oxygen atoms in total. The molecular weight excluding hydrogens is 200 g/mol.